The van der Waals surface area contributed by atoms with Crippen molar-refractivity contribution in [3.8, 4) is 17.6 Å². The lowest BCUT2D eigenvalue weighted by atomic mass is 10.1. The highest BCUT2D eigenvalue weighted by molar-refractivity contribution is 7.15. The van der Waals surface area contributed by atoms with Gasteiger partial charge in [-0.2, -0.15) is 9.78 Å². The predicted molar refractivity (Wildman–Crippen MR) is 114 cm³/mol. The molecule has 2 aromatic heterocycles. The summed E-state index contributed by atoms with van der Waals surface area (Å²) in [4.78, 5) is 17.8. The molecule has 0 fully saturated rings. The van der Waals surface area contributed by atoms with E-state index >= 15 is 0 Å². The zero-order valence-corrected chi connectivity index (χ0v) is 17.3. The van der Waals surface area contributed by atoms with Crippen molar-refractivity contribution in [1.82, 2.24) is 14.6 Å². The second-order valence-corrected chi connectivity index (χ2v) is 7.54. The van der Waals surface area contributed by atoms with Crippen molar-refractivity contribution < 1.29 is 9.47 Å². The number of ether oxygens (including phenoxy) is 2. The van der Waals surface area contributed by atoms with E-state index in [1.54, 1.807) is 38.5 Å². The Balaban J connectivity index is 1.60. The van der Waals surface area contributed by atoms with E-state index in [4.69, 9.17) is 14.7 Å². The molecule has 7 nitrogen and oxygen atoms in total. The Kier molecular flexibility index (Phi) is 5.46. The topological polar surface area (TPSA) is 89.5 Å². The summed E-state index contributed by atoms with van der Waals surface area (Å²) in [5.74, 6) is 1.79. The van der Waals surface area contributed by atoms with Crippen molar-refractivity contribution in [2.75, 3.05) is 14.2 Å². The van der Waals surface area contributed by atoms with E-state index < -0.39 is 0 Å². The van der Waals surface area contributed by atoms with E-state index in [1.807, 2.05) is 24.3 Å². The van der Waals surface area contributed by atoms with Gasteiger partial charge >= 0.3 is 0 Å². The number of benzene rings is 2. The molecule has 0 spiro atoms. The first-order valence-electron chi connectivity index (χ1n) is 9.23. The summed E-state index contributed by atoms with van der Waals surface area (Å²) in [6.07, 6.45) is 3.11. The first-order chi connectivity index (χ1) is 14.6. The van der Waals surface area contributed by atoms with E-state index in [1.165, 1.54) is 15.9 Å². The van der Waals surface area contributed by atoms with Gasteiger partial charge in [-0.05, 0) is 36.3 Å². The van der Waals surface area contributed by atoms with Crippen LogP contribution in [-0.4, -0.2) is 28.8 Å². The maximum atomic E-state index is 12.8. The van der Waals surface area contributed by atoms with Crippen molar-refractivity contribution >= 4 is 22.4 Å². The Hall–Kier alpha value is -3.70. The summed E-state index contributed by atoms with van der Waals surface area (Å²) in [6, 6.07) is 15.0. The van der Waals surface area contributed by atoms with Gasteiger partial charge in [0, 0.05) is 12.0 Å². The maximum Gasteiger partial charge on any atom is 0.291 e. The Labute approximate surface area is 176 Å². The van der Waals surface area contributed by atoms with E-state index in [0.717, 1.165) is 17.5 Å². The SMILES string of the molecule is COc1cccc(/C=c2\sc3nc(CCc4ccc(C#N)cc4)nn3c2=O)c1OC. The fourth-order valence-electron chi connectivity index (χ4n) is 3.15. The number of hydrogen-bond donors (Lipinski definition) is 0. The number of nitrogens with zero attached hydrogens (tertiary/aromatic N) is 4. The molecule has 0 aliphatic carbocycles. The Bertz CT molecular complexity index is 1350. The van der Waals surface area contributed by atoms with Gasteiger partial charge in [0.2, 0.25) is 4.96 Å². The van der Waals surface area contributed by atoms with Crippen LogP contribution in [0.1, 0.15) is 22.5 Å². The highest BCUT2D eigenvalue weighted by Gasteiger charge is 2.12. The second-order valence-electron chi connectivity index (χ2n) is 6.53. The summed E-state index contributed by atoms with van der Waals surface area (Å²) in [7, 11) is 3.14. The van der Waals surface area contributed by atoms with Crippen LogP contribution in [0.15, 0.2) is 47.3 Å². The average molecular weight is 418 g/mol. The molecule has 0 aliphatic heterocycles. The molecule has 2 heterocycles. The summed E-state index contributed by atoms with van der Waals surface area (Å²) in [5.41, 5.74) is 2.26. The van der Waals surface area contributed by atoms with Crippen molar-refractivity contribution in [3.05, 3.63) is 79.9 Å². The van der Waals surface area contributed by atoms with Gasteiger partial charge in [0.25, 0.3) is 5.56 Å². The molecular formula is C22H18N4O3S. The number of nitriles is 1. The smallest absolute Gasteiger partial charge is 0.291 e. The van der Waals surface area contributed by atoms with E-state index in [9.17, 15) is 4.79 Å². The fraction of sp³-hybridized carbons (Fsp3) is 0.182. The van der Waals surface area contributed by atoms with Crippen molar-refractivity contribution in [1.29, 1.82) is 5.26 Å². The summed E-state index contributed by atoms with van der Waals surface area (Å²) < 4.78 is 12.6. The Morgan fingerprint density at radius 3 is 2.60 bits per heavy atom. The van der Waals surface area contributed by atoms with Crippen molar-refractivity contribution in [3.63, 3.8) is 0 Å². The average Bonchev–Trinajstić information content (AvgIpc) is 3.31. The minimum absolute atomic E-state index is 0.211. The van der Waals surface area contributed by atoms with Gasteiger partial charge in [0.1, 0.15) is 0 Å². The van der Waals surface area contributed by atoms with Gasteiger partial charge < -0.3 is 9.47 Å². The number of thiazole rings is 1. The van der Waals surface area contributed by atoms with Crippen molar-refractivity contribution in [2.24, 2.45) is 0 Å². The van der Waals surface area contributed by atoms with E-state index in [-0.39, 0.29) is 5.56 Å². The van der Waals surface area contributed by atoms with Gasteiger partial charge in [-0.3, -0.25) is 4.79 Å². The molecule has 0 amide bonds. The van der Waals surface area contributed by atoms with Crippen LogP contribution < -0.4 is 19.6 Å². The number of aromatic nitrogens is 3. The third-order valence-corrected chi connectivity index (χ3v) is 5.63. The number of para-hydroxylation sites is 1. The van der Waals surface area contributed by atoms with Crippen LogP contribution >= 0.6 is 11.3 Å². The molecule has 0 atom stereocenters. The lowest BCUT2D eigenvalue weighted by Gasteiger charge is -2.09. The minimum atomic E-state index is -0.211. The maximum absolute atomic E-state index is 12.8. The van der Waals surface area contributed by atoms with E-state index in [2.05, 4.69) is 16.2 Å². The molecule has 0 saturated heterocycles. The molecule has 0 radical (unpaired) electrons. The van der Waals surface area contributed by atoms with Crippen LogP contribution in [0.3, 0.4) is 0 Å². The monoisotopic (exact) mass is 418 g/mol. The quantitative estimate of drug-likeness (QED) is 0.478. The van der Waals surface area contributed by atoms with Crippen LogP contribution in [-0.2, 0) is 12.8 Å². The normalized spacial score (nSPS) is 11.6. The standard InChI is InChI=1S/C22H18N4O3S/c1-28-17-5-3-4-16(20(17)29-2)12-18-21(27)26-22(30-18)24-19(25-26)11-10-14-6-8-15(13-23)9-7-14/h3-9,12H,10-11H2,1-2H3/b18-12-. The summed E-state index contributed by atoms with van der Waals surface area (Å²) in [6.45, 7) is 0. The van der Waals surface area contributed by atoms with Gasteiger partial charge in [-0.15, -0.1) is 5.10 Å². The van der Waals surface area contributed by atoms with Gasteiger partial charge in [0.15, 0.2) is 17.3 Å². The predicted octanol–water partition coefficient (Wildman–Crippen LogP) is 2.37. The second kappa shape index (κ2) is 8.35. The molecule has 4 aromatic rings. The number of fused-ring (bicyclic) bond motifs is 1. The van der Waals surface area contributed by atoms with Crippen LogP contribution in [0, 0.1) is 11.3 Å². The Morgan fingerprint density at radius 2 is 1.93 bits per heavy atom. The highest BCUT2D eigenvalue weighted by atomic mass is 32.1. The molecule has 0 aliphatic rings. The third kappa shape index (κ3) is 3.75. The molecule has 0 saturated carbocycles. The van der Waals surface area contributed by atoms with Gasteiger partial charge in [0.05, 0.1) is 30.4 Å². The molecule has 0 bridgehead atoms. The first-order valence-corrected chi connectivity index (χ1v) is 10.0. The third-order valence-electron chi connectivity index (χ3n) is 4.67. The lowest BCUT2D eigenvalue weighted by Crippen LogP contribution is -2.24. The van der Waals surface area contributed by atoms with Gasteiger partial charge in [-0.25, -0.2) is 4.98 Å². The van der Waals surface area contributed by atoms with E-state index in [0.29, 0.717) is 38.8 Å². The molecule has 0 N–H and O–H groups in total. The van der Waals surface area contributed by atoms with Crippen LogP contribution in [0.5, 0.6) is 11.5 Å². The fourth-order valence-corrected chi connectivity index (χ4v) is 4.07. The zero-order chi connectivity index (χ0) is 21.1. The summed E-state index contributed by atoms with van der Waals surface area (Å²) >= 11 is 1.29. The number of methoxy groups -OCH3 is 2. The molecule has 4 rings (SSSR count). The number of hydrogen-bond acceptors (Lipinski definition) is 7. The number of rotatable bonds is 6. The number of aryl methyl sites for hydroxylation is 2. The first kappa shape index (κ1) is 19.6. The highest BCUT2D eigenvalue weighted by Crippen LogP contribution is 2.31. The van der Waals surface area contributed by atoms with Gasteiger partial charge in [-0.1, -0.05) is 35.6 Å². The zero-order valence-electron chi connectivity index (χ0n) is 16.5. The molecule has 0 unspecified atom stereocenters. The largest absolute Gasteiger partial charge is 0.493 e. The van der Waals surface area contributed by atoms with Crippen LogP contribution in [0.4, 0.5) is 0 Å². The summed E-state index contributed by atoms with van der Waals surface area (Å²) in [5, 5.41) is 13.2. The van der Waals surface area contributed by atoms with Crippen molar-refractivity contribution in [2.45, 2.75) is 12.8 Å². The molecule has 8 heteroatoms. The van der Waals surface area contributed by atoms with Crippen LogP contribution in [0.25, 0.3) is 11.0 Å². The molecule has 2 aromatic carbocycles. The van der Waals surface area contributed by atoms with Crippen LogP contribution in [0.2, 0.25) is 0 Å². The Morgan fingerprint density at radius 1 is 1.13 bits per heavy atom. The molecular weight excluding hydrogens is 400 g/mol. The minimum Gasteiger partial charge on any atom is -0.493 e. The molecule has 150 valence electrons. The molecule has 30 heavy (non-hydrogen) atoms. The lowest BCUT2D eigenvalue weighted by molar-refractivity contribution is 0.354.